The summed E-state index contributed by atoms with van der Waals surface area (Å²) < 4.78 is 5.62. The number of benzene rings is 1. The maximum Gasteiger partial charge on any atom is 0.271 e. The minimum Gasteiger partial charge on any atom is -0.492 e. The Bertz CT molecular complexity index is 522. The van der Waals surface area contributed by atoms with E-state index < -0.39 is 4.92 Å². The summed E-state index contributed by atoms with van der Waals surface area (Å²) in [6.07, 6.45) is 18.6. The summed E-state index contributed by atoms with van der Waals surface area (Å²) in [6.45, 7) is 2.87. The van der Waals surface area contributed by atoms with Crippen LogP contribution in [0, 0.1) is 10.1 Å². The highest BCUT2D eigenvalue weighted by atomic mass is 35.5. The van der Waals surface area contributed by atoms with Gasteiger partial charge < -0.3 is 4.74 Å². The van der Waals surface area contributed by atoms with Crippen molar-refractivity contribution in [1.82, 2.24) is 0 Å². The van der Waals surface area contributed by atoms with Crippen LogP contribution in [0.1, 0.15) is 96.8 Å². The molecule has 0 fully saturated rings. The second-order valence-electron chi connectivity index (χ2n) is 7.32. The third-order valence-corrected chi connectivity index (χ3v) is 5.18. The number of hydrogen-bond acceptors (Lipinski definition) is 3. The molecule has 0 saturated heterocycles. The summed E-state index contributed by atoms with van der Waals surface area (Å²) in [6, 6.07) is 4.33. The molecule has 1 aromatic carbocycles. The minimum absolute atomic E-state index is 0.0103. The molecule has 0 atom stereocenters. The molecule has 0 spiro atoms. The van der Waals surface area contributed by atoms with Crippen molar-refractivity contribution in [2.24, 2.45) is 0 Å². The first-order valence-electron chi connectivity index (χ1n) is 10.7. The quantitative estimate of drug-likeness (QED) is 0.151. The highest BCUT2D eigenvalue weighted by Gasteiger charge is 2.09. The van der Waals surface area contributed by atoms with Crippen molar-refractivity contribution < 1.29 is 9.66 Å². The average molecular weight is 398 g/mol. The number of hydrogen-bond donors (Lipinski definition) is 0. The first-order chi connectivity index (χ1) is 13.1. The molecule has 0 saturated carbocycles. The van der Waals surface area contributed by atoms with Crippen molar-refractivity contribution in [3.05, 3.63) is 33.3 Å². The van der Waals surface area contributed by atoms with Gasteiger partial charge in [0.25, 0.3) is 5.69 Å². The predicted molar refractivity (Wildman–Crippen MR) is 114 cm³/mol. The largest absolute Gasteiger partial charge is 0.492 e. The zero-order chi connectivity index (χ0) is 19.7. The van der Waals surface area contributed by atoms with E-state index >= 15 is 0 Å². The molecule has 154 valence electrons. The van der Waals surface area contributed by atoms with Gasteiger partial charge in [0.05, 0.1) is 16.6 Å². The van der Waals surface area contributed by atoms with E-state index in [2.05, 4.69) is 6.92 Å². The first kappa shape index (κ1) is 23.7. The lowest BCUT2D eigenvalue weighted by Crippen LogP contribution is -1.98. The normalized spacial score (nSPS) is 10.9. The van der Waals surface area contributed by atoms with Crippen LogP contribution in [0.3, 0.4) is 0 Å². The van der Waals surface area contributed by atoms with Crippen LogP contribution in [0.25, 0.3) is 0 Å². The van der Waals surface area contributed by atoms with Gasteiger partial charge in [-0.15, -0.1) is 0 Å². The predicted octanol–water partition coefficient (Wildman–Crippen LogP) is 8.11. The molecule has 27 heavy (non-hydrogen) atoms. The summed E-state index contributed by atoms with van der Waals surface area (Å²) in [5, 5.41) is 11.0. The molecule has 0 amide bonds. The molecule has 1 rings (SSSR count). The Morgan fingerprint density at radius 3 is 1.78 bits per heavy atom. The second kappa shape index (κ2) is 15.7. The number of nitrogens with zero attached hydrogens (tertiary/aromatic N) is 1. The standard InChI is InChI=1S/C22H36ClNO3/c1-2-3-4-5-6-7-8-9-10-11-12-13-14-15-18-27-22-17-16-20(24(25)26)19-21(22)23/h16-17,19H,2-15,18H2,1H3. The molecule has 0 unspecified atom stereocenters. The van der Waals surface area contributed by atoms with E-state index in [1.54, 1.807) is 6.07 Å². The van der Waals surface area contributed by atoms with Crippen molar-refractivity contribution in [3.63, 3.8) is 0 Å². The van der Waals surface area contributed by atoms with Crippen LogP contribution < -0.4 is 4.74 Å². The van der Waals surface area contributed by atoms with Gasteiger partial charge in [0.1, 0.15) is 5.75 Å². The van der Waals surface area contributed by atoms with E-state index in [0.29, 0.717) is 17.4 Å². The molecule has 0 aliphatic carbocycles. The molecule has 0 aliphatic heterocycles. The Morgan fingerprint density at radius 1 is 0.852 bits per heavy atom. The van der Waals surface area contributed by atoms with E-state index in [-0.39, 0.29) is 5.69 Å². The summed E-state index contributed by atoms with van der Waals surface area (Å²) >= 11 is 6.01. The zero-order valence-electron chi connectivity index (χ0n) is 16.9. The van der Waals surface area contributed by atoms with Gasteiger partial charge >= 0.3 is 0 Å². The number of ether oxygens (including phenoxy) is 1. The van der Waals surface area contributed by atoms with Crippen molar-refractivity contribution in [3.8, 4) is 5.75 Å². The van der Waals surface area contributed by atoms with Gasteiger partial charge in [-0.3, -0.25) is 10.1 Å². The van der Waals surface area contributed by atoms with Gasteiger partial charge in [0, 0.05) is 12.1 Å². The summed E-state index contributed by atoms with van der Waals surface area (Å²) in [5.74, 6) is 0.525. The van der Waals surface area contributed by atoms with E-state index in [0.717, 1.165) is 12.8 Å². The number of nitro benzene ring substituents is 1. The molecule has 0 aromatic heterocycles. The van der Waals surface area contributed by atoms with Crippen LogP contribution >= 0.6 is 11.6 Å². The molecule has 0 bridgehead atoms. The topological polar surface area (TPSA) is 52.4 Å². The SMILES string of the molecule is CCCCCCCCCCCCCCCCOc1ccc([N+](=O)[O-])cc1Cl. The van der Waals surface area contributed by atoms with Crippen LogP contribution in [-0.4, -0.2) is 11.5 Å². The average Bonchev–Trinajstić information content (AvgIpc) is 2.65. The van der Waals surface area contributed by atoms with E-state index in [1.807, 2.05) is 0 Å². The van der Waals surface area contributed by atoms with Crippen LogP contribution in [0.2, 0.25) is 5.02 Å². The number of halogens is 1. The van der Waals surface area contributed by atoms with Gasteiger partial charge in [-0.25, -0.2) is 0 Å². The Kier molecular flexibility index (Phi) is 13.8. The fourth-order valence-electron chi connectivity index (χ4n) is 3.20. The number of nitro groups is 1. The minimum atomic E-state index is -0.455. The highest BCUT2D eigenvalue weighted by molar-refractivity contribution is 6.32. The lowest BCUT2D eigenvalue weighted by atomic mass is 10.0. The molecular formula is C22H36ClNO3. The first-order valence-corrected chi connectivity index (χ1v) is 11.1. The second-order valence-corrected chi connectivity index (χ2v) is 7.72. The molecule has 0 aliphatic rings. The van der Waals surface area contributed by atoms with E-state index in [9.17, 15) is 10.1 Å². The van der Waals surface area contributed by atoms with Crippen LogP contribution in [-0.2, 0) is 0 Å². The van der Waals surface area contributed by atoms with Crippen molar-refractivity contribution in [2.45, 2.75) is 96.8 Å². The smallest absolute Gasteiger partial charge is 0.271 e. The van der Waals surface area contributed by atoms with Crippen LogP contribution in [0.4, 0.5) is 5.69 Å². The Hall–Kier alpha value is -1.29. The van der Waals surface area contributed by atoms with Crippen molar-refractivity contribution >= 4 is 17.3 Å². The van der Waals surface area contributed by atoms with E-state index in [4.69, 9.17) is 16.3 Å². The third-order valence-electron chi connectivity index (χ3n) is 4.88. The molecule has 4 nitrogen and oxygen atoms in total. The summed E-state index contributed by atoms with van der Waals surface area (Å²) in [4.78, 5) is 10.2. The molecular weight excluding hydrogens is 362 g/mol. The van der Waals surface area contributed by atoms with Gasteiger partial charge in [-0.1, -0.05) is 102 Å². The maximum atomic E-state index is 10.7. The van der Waals surface area contributed by atoms with Crippen LogP contribution in [0.15, 0.2) is 18.2 Å². The number of unbranched alkanes of at least 4 members (excludes halogenated alkanes) is 13. The summed E-state index contributed by atoms with van der Waals surface area (Å²) in [7, 11) is 0. The maximum absolute atomic E-state index is 10.7. The number of rotatable bonds is 17. The van der Waals surface area contributed by atoms with Gasteiger partial charge in [0.2, 0.25) is 0 Å². The van der Waals surface area contributed by atoms with Crippen molar-refractivity contribution in [1.29, 1.82) is 0 Å². The van der Waals surface area contributed by atoms with E-state index in [1.165, 1.54) is 89.2 Å². The third kappa shape index (κ3) is 11.9. The highest BCUT2D eigenvalue weighted by Crippen LogP contribution is 2.28. The monoisotopic (exact) mass is 397 g/mol. The van der Waals surface area contributed by atoms with Crippen LogP contribution in [0.5, 0.6) is 5.75 Å². The Labute approximate surface area is 169 Å². The van der Waals surface area contributed by atoms with Gasteiger partial charge in [-0.2, -0.15) is 0 Å². The number of non-ortho nitro benzene ring substituents is 1. The molecule has 0 heterocycles. The molecule has 0 N–H and O–H groups in total. The molecule has 5 heteroatoms. The lowest BCUT2D eigenvalue weighted by Gasteiger charge is -2.08. The summed E-state index contributed by atoms with van der Waals surface area (Å²) in [5.41, 5.74) is -0.0103. The zero-order valence-corrected chi connectivity index (χ0v) is 17.6. The fraction of sp³-hybridized carbons (Fsp3) is 0.727. The Balaban J connectivity index is 1.90. The van der Waals surface area contributed by atoms with Crippen molar-refractivity contribution in [2.75, 3.05) is 6.61 Å². The van der Waals surface area contributed by atoms with Gasteiger partial charge in [0.15, 0.2) is 0 Å². The molecule has 0 radical (unpaired) electrons. The fourth-order valence-corrected chi connectivity index (χ4v) is 3.43. The molecule has 1 aromatic rings. The Morgan fingerprint density at radius 2 is 1.33 bits per heavy atom. The van der Waals surface area contributed by atoms with Gasteiger partial charge in [-0.05, 0) is 12.5 Å². The lowest BCUT2D eigenvalue weighted by molar-refractivity contribution is -0.384.